The molecule has 2 aromatic rings. The van der Waals surface area contributed by atoms with Crippen LogP contribution in [0.15, 0.2) is 48.8 Å². The third kappa shape index (κ3) is 5.90. The van der Waals surface area contributed by atoms with Gasteiger partial charge in [-0.15, -0.1) is 0 Å². The number of nitrogens with zero attached hydrogens (tertiary/aromatic N) is 2. The molecule has 1 aromatic carbocycles. The van der Waals surface area contributed by atoms with Crippen molar-refractivity contribution in [1.29, 1.82) is 0 Å². The highest BCUT2D eigenvalue weighted by Crippen LogP contribution is 2.19. The number of hydrogen-bond donors (Lipinski definition) is 1. The van der Waals surface area contributed by atoms with Crippen molar-refractivity contribution in [3.63, 3.8) is 0 Å². The number of nitrogens with one attached hydrogen (secondary N) is 1. The third-order valence-electron chi connectivity index (χ3n) is 4.87. The Balaban J connectivity index is 1.43. The van der Waals surface area contributed by atoms with Gasteiger partial charge in [0.1, 0.15) is 0 Å². The van der Waals surface area contributed by atoms with Gasteiger partial charge >= 0.3 is 0 Å². The summed E-state index contributed by atoms with van der Waals surface area (Å²) in [5.41, 5.74) is 3.15. The molecule has 0 amide bonds. The summed E-state index contributed by atoms with van der Waals surface area (Å²) in [4.78, 5) is 6.57. The second kappa shape index (κ2) is 8.75. The molecule has 1 aromatic heterocycles. The Morgan fingerprint density at radius 2 is 1.92 bits per heavy atom. The largest absolute Gasteiger partial charge is 0.299 e. The Hall–Kier alpha value is -1.76. The van der Waals surface area contributed by atoms with Gasteiger partial charge in [-0.1, -0.05) is 35.9 Å². The van der Waals surface area contributed by atoms with Crippen molar-refractivity contribution in [2.24, 2.45) is 5.92 Å². The Morgan fingerprint density at radius 1 is 1.15 bits per heavy atom. The molecule has 3 rings (SSSR count). The monoisotopic (exact) mass is 373 g/mol. The number of aryl methyl sites for hydroxylation is 1. The Bertz CT molecular complexity index is 801. The van der Waals surface area contributed by atoms with E-state index in [0.717, 1.165) is 43.6 Å². The SMILES string of the molecule is Cc1cccc(CS(=O)(=O)NCC2CCN(Cc3cccnc3)CC2)c1. The van der Waals surface area contributed by atoms with E-state index in [9.17, 15) is 8.42 Å². The molecule has 6 heteroatoms. The molecule has 0 aliphatic carbocycles. The first-order chi connectivity index (χ1) is 12.5. The number of hydrogen-bond acceptors (Lipinski definition) is 4. The van der Waals surface area contributed by atoms with Crippen LogP contribution < -0.4 is 4.72 Å². The lowest BCUT2D eigenvalue weighted by Gasteiger charge is -2.31. The topological polar surface area (TPSA) is 62.3 Å². The van der Waals surface area contributed by atoms with Crippen molar-refractivity contribution < 1.29 is 8.42 Å². The Morgan fingerprint density at radius 3 is 2.62 bits per heavy atom. The number of pyridine rings is 1. The van der Waals surface area contributed by atoms with Crippen LogP contribution in [0.2, 0.25) is 0 Å². The lowest BCUT2D eigenvalue weighted by atomic mass is 9.97. The minimum absolute atomic E-state index is 0.0501. The van der Waals surface area contributed by atoms with Gasteiger partial charge < -0.3 is 0 Å². The first kappa shape index (κ1) is 19.0. The Kier molecular flexibility index (Phi) is 6.40. The van der Waals surface area contributed by atoms with E-state index < -0.39 is 10.0 Å². The second-order valence-electron chi connectivity index (χ2n) is 7.18. The molecule has 0 radical (unpaired) electrons. The van der Waals surface area contributed by atoms with Gasteiger partial charge in [-0.25, -0.2) is 13.1 Å². The van der Waals surface area contributed by atoms with Crippen molar-refractivity contribution in [3.8, 4) is 0 Å². The molecule has 2 heterocycles. The number of aromatic nitrogens is 1. The second-order valence-corrected chi connectivity index (χ2v) is 8.98. The van der Waals surface area contributed by atoms with Crippen LogP contribution in [0.25, 0.3) is 0 Å². The van der Waals surface area contributed by atoms with E-state index in [0.29, 0.717) is 12.5 Å². The molecule has 140 valence electrons. The van der Waals surface area contributed by atoms with E-state index in [-0.39, 0.29) is 5.75 Å². The molecule has 0 spiro atoms. The van der Waals surface area contributed by atoms with Gasteiger partial charge in [0, 0.05) is 25.5 Å². The van der Waals surface area contributed by atoms with Crippen LogP contribution >= 0.6 is 0 Å². The average molecular weight is 374 g/mol. The zero-order valence-corrected chi connectivity index (χ0v) is 16.1. The van der Waals surface area contributed by atoms with Crippen LogP contribution in [-0.2, 0) is 22.3 Å². The lowest BCUT2D eigenvalue weighted by Crippen LogP contribution is -2.38. The molecule has 5 nitrogen and oxygen atoms in total. The van der Waals surface area contributed by atoms with E-state index in [4.69, 9.17) is 0 Å². The molecule has 1 fully saturated rings. The van der Waals surface area contributed by atoms with Crippen molar-refractivity contribution in [3.05, 3.63) is 65.5 Å². The minimum Gasteiger partial charge on any atom is -0.299 e. The standard InChI is InChI=1S/C20H27N3O2S/c1-17-4-2-5-19(12-17)16-26(24,25)22-14-18-7-10-23(11-8-18)15-20-6-3-9-21-13-20/h2-6,9,12-13,18,22H,7-8,10-11,14-16H2,1H3. The lowest BCUT2D eigenvalue weighted by molar-refractivity contribution is 0.178. The summed E-state index contributed by atoms with van der Waals surface area (Å²) in [6.07, 6.45) is 5.74. The molecule has 1 N–H and O–H groups in total. The molecule has 1 aliphatic rings. The molecular weight excluding hydrogens is 346 g/mol. The van der Waals surface area contributed by atoms with E-state index in [1.165, 1.54) is 5.56 Å². The van der Waals surface area contributed by atoms with E-state index in [1.807, 2.05) is 43.5 Å². The van der Waals surface area contributed by atoms with Crippen LogP contribution in [0, 0.1) is 12.8 Å². The summed E-state index contributed by atoms with van der Waals surface area (Å²) in [5.74, 6) is 0.460. The number of likely N-dealkylation sites (tertiary alicyclic amines) is 1. The van der Waals surface area contributed by atoms with Crippen molar-refractivity contribution >= 4 is 10.0 Å². The summed E-state index contributed by atoms with van der Waals surface area (Å²) in [5, 5.41) is 0. The first-order valence-electron chi connectivity index (χ1n) is 9.14. The van der Waals surface area contributed by atoms with E-state index >= 15 is 0 Å². The van der Waals surface area contributed by atoms with Gasteiger partial charge in [0.2, 0.25) is 10.0 Å². The normalized spacial score (nSPS) is 16.7. The van der Waals surface area contributed by atoms with Crippen LogP contribution in [-0.4, -0.2) is 37.9 Å². The van der Waals surface area contributed by atoms with Gasteiger partial charge in [-0.2, -0.15) is 0 Å². The first-order valence-corrected chi connectivity index (χ1v) is 10.8. The molecule has 1 saturated heterocycles. The fourth-order valence-corrected chi connectivity index (χ4v) is 4.63. The Labute approximate surface area is 156 Å². The van der Waals surface area contributed by atoms with Gasteiger partial charge in [0.25, 0.3) is 0 Å². The summed E-state index contributed by atoms with van der Waals surface area (Å²) in [7, 11) is -3.28. The van der Waals surface area contributed by atoms with Crippen LogP contribution in [0.4, 0.5) is 0 Å². The summed E-state index contributed by atoms with van der Waals surface area (Å²) >= 11 is 0. The summed E-state index contributed by atoms with van der Waals surface area (Å²) in [6, 6.07) is 11.7. The average Bonchev–Trinajstić information content (AvgIpc) is 2.62. The van der Waals surface area contributed by atoms with Gasteiger partial charge in [0.05, 0.1) is 5.75 Å². The third-order valence-corrected chi connectivity index (χ3v) is 6.19. The van der Waals surface area contributed by atoms with Crippen LogP contribution in [0.5, 0.6) is 0 Å². The maximum Gasteiger partial charge on any atom is 0.215 e. The maximum atomic E-state index is 12.3. The zero-order valence-electron chi connectivity index (χ0n) is 15.3. The van der Waals surface area contributed by atoms with Crippen molar-refractivity contribution in [2.45, 2.75) is 32.1 Å². The highest BCUT2D eigenvalue weighted by atomic mass is 32.2. The van der Waals surface area contributed by atoms with Crippen LogP contribution in [0.3, 0.4) is 0 Å². The summed E-state index contributed by atoms with van der Waals surface area (Å²) in [6.45, 7) is 5.43. The predicted octanol–water partition coefficient (Wildman–Crippen LogP) is 2.72. The van der Waals surface area contributed by atoms with E-state index in [1.54, 1.807) is 6.20 Å². The van der Waals surface area contributed by atoms with Gasteiger partial charge in [-0.05, 0) is 56.0 Å². The number of rotatable bonds is 7. The van der Waals surface area contributed by atoms with Crippen molar-refractivity contribution in [1.82, 2.24) is 14.6 Å². The van der Waals surface area contributed by atoms with Crippen molar-refractivity contribution in [2.75, 3.05) is 19.6 Å². The number of benzene rings is 1. The minimum atomic E-state index is -3.28. The van der Waals surface area contributed by atoms with E-state index in [2.05, 4.69) is 20.7 Å². The highest BCUT2D eigenvalue weighted by Gasteiger charge is 2.21. The zero-order chi connectivity index (χ0) is 18.4. The molecule has 1 aliphatic heterocycles. The fourth-order valence-electron chi connectivity index (χ4n) is 3.42. The fraction of sp³-hybridized carbons (Fsp3) is 0.450. The van der Waals surface area contributed by atoms with Gasteiger partial charge in [0.15, 0.2) is 0 Å². The number of sulfonamides is 1. The predicted molar refractivity (Wildman–Crippen MR) is 104 cm³/mol. The van der Waals surface area contributed by atoms with Gasteiger partial charge in [-0.3, -0.25) is 9.88 Å². The van der Waals surface area contributed by atoms with Crippen LogP contribution in [0.1, 0.15) is 29.5 Å². The molecule has 0 bridgehead atoms. The quantitative estimate of drug-likeness (QED) is 0.811. The summed E-state index contributed by atoms with van der Waals surface area (Å²) < 4.78 is 27.5. The maximum absolute atomic E-state index is 12.3. The molecule has 0 atom stereocenters. The molecule has 0 saturated carbocycles. The smallest absolute Gasteiger partial charge is 0.215 e. The molecule has 26 heavy (non-hydrogen) atoms. The molecule has 0 unspecified atom stereocenters. The highest BCUT2D eigenvalue weighted by molar-refractivity contribution is 7.88. The number of piperidine rings is 1. The molecular formula is C20H27N3O2S.